The van der Waals surface area contributed by atoms with Crippen LogP contribution in [0.5, 0.6) is 0 Å². The van der Waals surface area contributed by atoms with Crippen LogP contribution in [0.1, 0.15) is 33.6 Å². The van der Waals surface area contributed by atoms with Gasteiger partial charge in [0.2, 0.25) is 10.0 Å². The third-order valence-corrected chi connectivity index (χ3v) is 6.84. The quantitative estimate of drug-likeness (QED) is 0.707. The van der Waals surface area contributed by atoms with Crippen LogP contribution >= 0.6 is 0 Å². The topological polar surface area (TPSA) is 96.0 Å². The third kappa shape index (κ3) is 4.47. The Labute approximate surface area is 176 Å². The van der Waals surface area contributed by atoms with Crippen molar-refractivity contribution in [1.82, 2.24) is 4.31 Å². The van der Waals surface area contributed by atoms with E-state index in [2.05, 4.69) is 10.2 Å². The van der Waals surface area contributed by atoms with Crippen LogP contribution in [-0.4, -0.2) is 58.9 Å². The molecule has 2 aromatic rings. The van der Waals surface area contributed by atoms with E-state index in [9.17, 15) is 18.0 Å². The number of sulfonamides is 1. The fourth-order valence-corrected chi connectivity index (χ4v) is 4.20. The van der Waals surface area contributed by atoms with Crippen molar-refractivity contribution in [3.05, 3.63) is 53.6 Å². The third-order valence-electron chi connectivity index (χ3n) is 5.01. The Morgan fingerprint density at radius 2 is 1.60 bits per heavy atom. The van der Waals surface area contributed by atoms with Crippen LogP contribution in [-0.2, 0) is 14.8 Å². The Balaban J connectivity index is 1.88. The molecule has 1 saturated heterocycles. The molecule has 0 unspecified atom stereocenters. The lowest BCUT2D eigenvalue weighted by Crippen LogP contribution is -2.23. The van der Waals surface area contributed by atoms with Gasteiger partial charge in [-0.1, -0.05) is 0 Å². The second kappa shape index (κ2) is 8.85. The zero-order valence-corrected chi connectivity index (χ0v) is 18.0. The zero-order chi connectivity index (χ0) is 21.9. The highest BCUT2D eigenvalue weighted by molar-refractivity contribution is 7.89. The number of ether oxygens (including phenoxy) is 1. The lowest BCUT2D eigenvalue weighted by Gasteiger charge is -2.22. The molecule has 1 heterocycles. The minimum atomic E-state index is -3.57. The van der Waals surface area contributed by atoms with E-state index >= 15 is 0 Å². The minimum Gasteiger partial charge on any atom is -0.465 e. The van der Waals surface area contributed by atoms with E-state index in [0.717, 1.165) is 35.9 Å². The molecule has 1 aliphatic rings. The lowest BCUT2D eigenvalue weighted by molar-refractivity contribution is 0.0600. The summed E-state index contributed by atoms with van der Waals surface area (Å²) in [6.45, 7) is 1.75. The normalized spacial score (nSPS) is 14.1. The van der Waals surface area contributed by atoms with Gasteiger partial charge in [-0.05, 0) is 55.3 Å². The van der Waals surface area contributed by atoms with E-state index in [0.29, 0.717) is 16.8 Å². The van der Waals surface area contributed by atoms with E-state index in [-0.39, 0.29) is 4.90 Å². The molecule has 1 aliphatic heterocycles. The molecule has 1 fully saturated rings. The maximum atomic E-state index is 12.8. The number of nitrogens with zero attached hydrogens (tertiary/aromatic N) is 2. The van der Waals surface area contributed by atoms with Crippen molar-refractivity contribution in [3.8, 4) is 0 Å². The highest BCUT2D eigenvalue weighted by atomic mass is 32.2. The number of hydrogen-bond donors (Lipinski definition) is 1. The van der Waals surface area contributed by atoms with Crippen LogP contribution in [0.15, 0.2) is 47.4 Å². The number of anilines is 2. The Morgan fingerprint density at radius 1 is 1.00 bits per heavy atom. The van der Waals surface area contributed by atoms with Crippen LogP contribution in [0.4, 0.5) is 11.4 Å². The largest absolute Gasteiger partial charge is 0.465 e. The van der Waals surface area contributed by atoms with Crippen LogP contribution in [0, 0.1) is 0 Å². The van der Waals surface area contributed by atoms with Crippen molar-refractivity contribution in [2.24, 2.45) is 0 Å². The predicted octanol–water partition coefficient (Wildman–Crippen LogP) is 2.58. The maximum Gasteiger partial charge on any atom is 0.337 e. The smallest absolute Gasteiger partial charge is 0.337 e. The molecular weight excluding hydrogens is 406 g/mol. The number of nitrogens with one attached hydrogen (secondary N) is 1. The molecule has 3 rings (SSSR count). The van der Waals surface area contributed by atoms with Gasteiger partial charge >= 0.3 is 5.97 Å². The van der Waals surface area contributed by atoms with Crippen LogP contribution in [0.25, 0.3) is 0 Å². The molecule has 0 bridgehead atoms. The molecular formula is C21H25N3O5S. The number of esters is 1. The Hall–Kier alpha value is -2.91. The number of benzene rings is 2. The standard InChI is InChI=1S/C21H25N3O5S/c1-23(2)30(27,28)17-9-6-15(7-10-17)20(25)22-18-14-16(21(26)29-3)8-11-19(18)24-12-4-5-13-24/h6-11,14H,4-5,12-13H2,1-3H3,(H,22,25). The Bertz CT molecular complexity index is 1040. The van der Waals surface area contributed by atoms with Gasteiger partial charge in [0.25, 0.3) is 5.91 Å². The number of hydrogen-bond acceptors (Lipinski definition) is 6. The molecule has 1 amide bonds. The molecule has 0 aromatic heterocycles. The van der Waals surface area contributed by atoms with Gasteiger partial charge in [-0.25, -0.2) is 17.5 Å². The van der Waals surface area contributed by atoms with Gasteiger partial charge in [-0.3, -0.25) is 4.79 Å². The molecule has 1 N–H and O–H groups in total. The number of carbonyl (C=O) groups is 2. The summed E-state index contributed by atoms with van der Waals surface area (Å²) in [5.74, 6) is -0.886. The van der Waals surface area contributed by atoms with Crippen LogP contribution in [0.3, 0.4) is 0 Å². The van der Waals surface area contributed by atoms with E-state index < -0.39 is 21.9 Å². The van der Waals surface area contributed by atoms with Gasteiger partial charge in [0, 0.05) is 32.7 Å². The summed E-state index contributed by atoms with van der Waals surface area (Å²) < 4.78 is 30.3. The van der Waals surface area contributed by atoms with E-state index in [1.54, 1.807) is 18.2 Å². The second-order valence-corrected chi connectivity index (χ2v) is 9.34. The van der Waals surface area contributed by atoms with Gasteiger partial charge in [-0.15, -0.1) is 0 Å². The summed E-state index contributed by atoms with van der Waals surface area (Å²) in [4.78, 5) is 27.0. The minimum absolute atomic E-state index is 0.106. The van der Waals surface area contributed by atoms with Gasteiger partial charge in [0.1, 0.15) is 0 Å². The average molecular weight is 432 g/mol. The van der Waals surface area contributed by atoms with Gasteiger partial charge in [-0.2, -0.15) is 0 Å². The summed E-state index contributed by atoms with van der Waals surface area (Å²) in [6.07, 6.45) is 2.13. The number of methoxy groups -OCH3 is 1. The lowest BCUT2D eigenvalue weighted by atomic mass is 10.1. The van der Waals surface area contributed by atoms with Gasteiger partial charge < -0.3 is 15.0 Å². The SMILES string of the molecule is COC(=O)c1ccc(N2CCCC2)c(NC(=O)c2ccc(S(=O)(=O)N(C)C)cc2)c1. The molecule has 8 nitrogen and oxygen atoms in total. The predicted molar refractivity (Wildman–Crippen MR) is 114 cm³/mol. The van der Waals surface area contributed by atoms with Crippen LogP contribution < -0.4 is 10.2 Å². The van der Waals surface area contributed by atoms with Crippen molar-refractivity contribution in [2.45, 2.75) is 17.7 Å². The second-order valence-electron chi connectivity index (χ2n) is 7.18. The summed E-state index contributed by atoms with van der Waals surface area (Å²) in [7, 11) is 0.630. The van der Waals surface area contributed by atoms with E-state index in [4.69, 9.17) is 4.74 Å². The van der Waals surface area contributed by atoms with Crippen molar-refractivity contribution in [1.29, 1.82) is 0 Å². The Kier molecular flexibility index (Phi) is 6.42. The molecule has 0 saturated carbocycles. The summed E-state index contributed by atoms with van der Waals surface area (Å²) in [6, 6.07) is 10.8. The molecule has 30 heavy (non-hydrogen) atoms. The fourth-order valence-electron chi connectivity index (χ4n) is 3.30. The van der Waals surface area contributed by atoms with Gasteiger partial charge in [0.05, 0.1) is 28.9 Å². The molecule has 0 atom stereocenters. The molecule has 0 spiro atoms. The average Bonchev–Trinajstić information content (AvgIpc) is 3.27. The molecule has 9 heteroatoms. The molecule has 160 valence electrons. The molecule has 0 aliphatic carbocycles. The van der Waals surface area contributed by atoms with E-state index in [1.807, 2.05) is 0 Å². The van der Waals surface area contributed by atoms with Crippen molar-refractivity contribution in [3.63, 3.8) is 0 Å². The Morgan fingerprint density at radius 3 is 2.17 bits per heavy atom. The van der Waals surface area contributed by atoms with Crippen LogP contribution in [0.2, 0.25) is 0 Å². The first-order valence-electron chi connectivity index (χ1n) is 9.55. The van der Waals surface area contributed by atoms with Crippen molar-refractivity contribution < 1.29 is 22.7 Å². The highest BCUT2D eigenvalue weighted by Crippen LogP contribution is 2.31. The summed E-state index contributed by atoms with van der Waals surface area (Å²) >= 11 is 0. The summed E-state index contributed by atoms with van der Waals surface area (Å²) in [5, 5.41) is 2.86. The first-order valence-corrected chi connectivity index (χ1v) is 11.0. The highest BCUT2D eigenvalue weighted by Gasteiger charge is 2.21. The van der Waals surface area contributed by atoms with Crippen molar-refractivity contribution >= 4 is 33.3 Å². The molecule has 2 aromatic carbocycles. The molecule has 0 radical (unpaired) electrons. The fraction of sp³-hybridized carbons (Fsp3) is 0.333. The summed E-state index contributed by atoms with van der Waals surface area (Å²) in [5.41, 5.74) is 1.99. The monoisotopic (exact) mass is 431 g/mol. The number of carbonyl (C=O) groups excluding carboxylic acids is 2. The first-order chi connectivity index (χ1) is 14.2. The van der Waals surface area contributed by atoms with E-state index in [1.165, 1.54) is 45.5 Å². The number of amides is 1. The van der Waals surface area contributed by atoms with Crippen molar-refractivity contribution in [2.75, 3.05) is 44.5 Å². The first kappa shape index (κ1) is 21.8. The zero-order valence-electron chi connectivity index (χ0n) is 17.2. The maximum absolute atomic E-state index is 12.8. The number of rotatable bonds is 6. The van der Waals surface area contributed by atoms with Gasteiger partial charge in [0.15, 0.2) is 0 Å².